The molecule has 1 atom stereocenters. The number of methoxy groups -OCH3 is 1. The number of benzene rings is 1. The molecule has 0 spiro atoms. The topological polar surface area (TPSA) is 80.0 Å². The fourth-order valence-corrected chi connectivity index (χ4v) is 3.48. The summed E-state index contributed by atoms with van der Waals surface area (Å²) in [6.45, 7) is 1.28. The molecule has 1 aliphatic rings. The number of carbonyl (C=O) groups is 2. The smallest absolute Gasteiger partial charge is 0.339 e. The minimum absolute atomic E-state index is 0.0265. The molecule has 1 amide bonds. The molecule has 0 saturated carbocycles. The maximum absolute atomic E-state index is 12.8. The molecule has 1 saturated heterocycles. The van der Waals surface area contributed by atoms with Gasteiger partial charge < -0.3 is 19.2 Å². The lowest BCUT2D eigenvalue weighted by molar-refractivity contribution is -0.143. The van der Waals surface area contributed by atoms with E-state index in [1.165, 1.54) is 12.3 Å². The summed E-state index contributed by atoms with van der Waals surface area (Å²) in [4.78, 5) is 25.8. The third-order valence-electron chi connectivity index (χ3n) is 4.94. The van der Waals surface area contributed by atoms with Gasteiger partial charge in [0, 0.05) is 26.6 Å². The van der Waals surface area contributed by atoms with Crippen molar-refractivity contribution in [1.29, 1.82) is 0 Å². The summed E-state index contributed by atoms with van der Waals surface area (Å²) in [5.41, 5.74) is 1.08. The molecule has 26 heavy (non-hydrogen) atoms. The molecule has 1 aromatic heterocycles. The monoisotopic (exact) mass is 357 g/mol. The van der Waals surface area contributed by atoms with Crippen LogP contribution < -0.4 is 0 Å². The zero-order valence-electron chi connectivity index (χ0n) is 14.8. The number of nitrogens with zero attached hydrogens (tertiary/aromatic N) is 1. The number of carbonyl (C=O) groups excluding carboxylic acids is 1. The highest BCUT2D eigenvalue weighted by Gasteiger charge is 2.30. The first kappa shape index (κ1) is 18.2. The number of carboxylic acid groups (broad SMARTS) is 1. The van der Waals surface area contributed by atoms with E-state index in [4.69, 9.17) is 14.3 Å². The molecule has 6 heteroatoms. The molecule has 1 aromatic carbocycles. The lowest BCUT2D eigenvalue weighted by atomic mass is 9.91. The van der Waals surface area contributed by atoms with Crippen molar-refractivity contribution in [2.75, 3.05) is 20.2 Å². The van der Waals surface area contributed by atoms with Gasteiger partial charge in [-0.1, -0.05) is 30.3 Å². The summed E-state index contributed by atoms with van der Waals surface area (Å²) in [6.07, 6.45) is 3.05. The average Bonchev–Trinajstić information content (AvgIpc) is 3.12. The Morgan fingerprint density at radius 3 is 2.54 bits per heavy atom. The van der Waals surface area contributed by atoms with Crippen LogP contribution in [0.5, 0.6) is 0 Å². The first-order chi connectivity index (χ1) is 12.6. The Morgan fingerprint density at radius 1 is 1.23 bits per heavy atom. The Balaban J connectivity index is 1.58. The van der Waals surface area contributed by atoms with E-state index in [9.17, 15) is 9.59 Å². The zero-order chi connectivity index (χ0) is 18.5. The summed E-state index contributed by atoms with van der Waals surface area (Å²) >= 11 is 0. The molecule has 2 heterocycles. The van der Waals surface area contributed by atoms with E-state index in [0.29, 0.717) is 31.2 Å². The van der Waals surface area contributed by atoms with Gasteiger partial charge in [-0.25, -0.2) is 4.79 Å². The van der Waals surface area contributed by atoms with Gasteiger partial charge in [-0.2, -0.15) is 0 Å². The summed E-state index contributed by atoms with van der Waals surface area (Å²) in [6, 6.07) is 11.0. The van der Waals surface area contributed by atoms with Crippen LogP contribution in [0.15, 0.2) is 47.1 Å². The van der Waals surface area contributed by atoms with Crippen molar-refractivity contribution >= 4 is 11.9 Å². The summed E-state index contributed by atoms with van der Waals surface area (Å²) in [7, 11) is 1.55. The molecular weight excluding hydrogens is 334 g/mol. The van der Waals surface area contributed by atoms with E-state index < -0.39 is 12.1 Å². The minimum Gasteiger partial charge on any atom is -0.478 e. The Morgan fingerprint density at radius 2 is 1.92 bits per heavy atom. The molecular formula is C20H23NO5. The van der Waals surface area contributed by atoms with Gasteiger partial charge >= 0.3 is 5.97 Å². The van der Waals surface area contributed by atoms with Crippen LogP contribution in [0.4, 0.5) is 0 Å². The van der Waals surface area contributed by atoms with E-state index in [1.807, 2.05) is 35.2 Å². The Hall–Kier alpha value is -2.60. The normalized spacial score (nSPS) is 16.4. The second kappa shape index (κ2) is 8.19. The largest absolute Gasteiger partial charge is 0.478 e. The third kappa shape index (κ3) is 3.96. The predicted octanol–water partition coefficient (Wildman–Crippen LogP) is 3.15. The van der Waals surface area contributed by atoms with Crippen LogP contribution in [0.2, 0.25) is 0 Å². The maximum Gasteiger partial charge on any atom is 0.339 e. The SMILES string of the molecule is COC(C(=O)N1CCC(Cc2occc2C(=O)O)CC1)c1ccccc1. The van der Waals surface area contributed by atoms with Crippen LogP contribution >= 0.6 is 0 Å². The number of furan rings is 1. The van der Waals surface area contributed by atoms with Gasteiger partial charge in [-0.05, 0) is 30.4 Å². The van der Waals surface area contributed by atoms with E-state index in [2.05, 4.69) is 0 Å². The molecule has 0 aliphatic carbocycles. The van der Waals surface area contributed by atoms with Gasteiger partial charge in [0.05, 0.1) is 6.26 Å². The Kier molecular flexibility index (Phi) is 5.73. The minimum atomic E-state index is -0.966. The number of hydrogen-bond donors (Lipinski definition) is 1. The highest BCUT2D eigenvalue weighted by molar-refractivity contribution is 5.88. The highest BCUT2D eigenvalue weighted by Crippen LogP contribution is 2.27. The molecule has 6 nitrogen and oxygen atoms in total. The fraction of sp³-hybridized carbons (Fsp3) is 0.400. The van der Waals surface area contributed by atoms with E-state index in [1.54, 1.807) is 7.11 Å². The van der Waals surface area contributed by atoms with Crippen molar-refractivity contribution in [2.45, 2.75) is 25.4 Å². The maximum atomic E-state index is 12.8. The van der Waals surface area contributed by atoms with E-state index >= 15 is 0 Å². The van der Waals surface area contributed by atoms with Crippen molar-refractivity contribution in [2.24, 2.45) is 5.92 Å². The van der Waals surface area contributed by atoms with Crippen LogP contribution in [-0.2, 0) is 16.0 Å². The fourth-order valence-electron chi connectivity index (χ4n) is 3.48. The van der Waals surface area contributed by atoms with Gasteiger partial charge in [-0.3, -0.25) is 4.79 Å². The van der Waals surface area contributed by atoms with Crippen LogP contribution in [0.3, 0.4) is 0 Å². The number of carboxylic acids is 1. The van der Waals surface area contributed by atoms with Crippen molar-refractivity contribution in [3.63, 3.8) is 0 Å². The van der Waals surface area contributed by atoms with Crippen LogP contribution in [0, 0.1) is 5.92 Å². The molecule has 0 bridgehead atoms. The van der Waals surface area contributed by atoms with Crippen molar-refractivity contribution in [1.82, 2.24) is 4.90 Å². The Labute approximate surface area is 152 Å². The van der Waals surface area contributed by atoms with Crippen LogP contribution in [0.1, 0.15) is 40.6 Å². The standard InChI is InChI=1S/C20H23NO5/c1-25-18(15-5-3-2-4-6-15)19(22)21-10-7-14(8-11-21)13-17-16(20(23)24)9-12-26-17/h2-6,9,12,14,18H,7-8,10-11,13H2,1H3,(H,23,24). The molecule has 1 N–H and O–H groups in total. The highest BCUT2D eigenvalue weighted by atomic mass is 16.5. The number of piperidine rings is 1. The summed E-state index contributed by atoms with van der Waals surface area (Å²) in [5.74, 6) is -0.170. The number of likely N-dealkylation sites (tertiary alicyclic amines) is 1. The number of rotatable bonds is 6. The zero-order valence-corrected chi connectivity index (χ0v) is 14.8. The number of amides is 1. The Bertz CT molecular complexity index is 747. The lowest BCUT2D eigenvalue weighted by Crippen LogP contribution is -2.41. The molecule has 138 valence electrons. The number of aromatic carboxylic acids is 1. The molecule has 0 radical (unpaired) electrons. The van der Waals surface area contributed by atoms with Gasteiger partial charge in [-0.15, -0.1) is 0 Å². The summed E-state index contributed by atoms with van der Waals surface area (Å²) < 4.78 is 10.8. The first-order valence-corrected chi connectivity index (χ1v) is 8.76. The molecule has 2 aromatic rings. The third-order valence-corrected chi connectivity index (χ3v) is 4.94. The first-order valence-electron chi connectivity index (χ1n) is 8.76. The van der Waals surface area contributed by atoms with E-state index in [0.717, 1.165) is 18.4 Å². The van der Waals surface area contributed by atoms with Crippen LogP contribution in [0.25, 0.3) is 0 Å². The predicted molar refractivity (Wildman–Crippen MR) is 94.9 cm³/mol. The van der Waals surface area contributed by atoms with Gasteiger partial charge in [0.25, 0.3) is 5.91 Å². The molecule has 1 aliphatic heterocycles. The quantitative estimate of drug-likeness (QED) is 0.859. The number of ether oxygens (including phenoxy) is 1. The molecule has 1 unspecified atom stereocenters. The average molecular weight is 357 g/mol. The van der Waals surface area contributed by atoms with Gasteiger partial charge in [0.15, 0.2) is 6.10 Å². The lowest BCUT2D eigenvalue weighted by Gasteiger charge is -2.33. The molecule has 3 rings (SSSR count). The summed E-state index contributed by atoms with van der Waals surface area (Å²) in [5, 5.41) is 9.17. The van der Waals surface area contributed by atoms with Crippen molar-refractivity contribution in [3.05, 3.63) is 59.5 Å². The van der Waals surface area contributed by atoms with Crippen molar-refractivity contribution in [3.8, 4) is 0 Å². The second-order valence-electron chi connectivity index (χ2n) is 6.56. The van der Waals surface area contributed by atoms with E-state index in [-0.39, 0.29) is 11.5 Å². The second-order valence-corrected chi connectivity index (χ2v) is 6.56. The van der Waals surface area contributed by atoms with Crippen molar-refractivity contribution < 1.29 is 23.8 Å². The van der Waals surface area contributed by atoms with Crippen LogP contribution in [-0.4, -0.2) is 42.1 Å². The number of hydrogen-bond acceptors (Lipinski definition) is 4. The van der Waals surface area contributed by atoms with Gasteiger partial charge in [0.2, 0.25) is 0 Å². The van der Waals surface area contributed by atoms with Gasteiger partial charge in [0.1, 0.15) is 11.3 Å². The molecule has 1 fully saturated rings.